The van der Waals surface area contributed by atoms with Gasteiger partial charge in [0.25, 0.3) is 0 Å². The zero-order chi connectivity index (χ0) is 28.0. The molecular formula is C29H34N2O6S. The van der Waals surface area contributed by atoms with Gasteiger partial charge in [-0.05, 0) is 50.2 Å². The number of hydrogen-bond donors (Lipinski definition) is 1. The van der Waals surface area contributed by atoms with Crippen molar-refractivity contribution in [2.45, 2.75) is 66.8 Å². The third kappa shape index (κ3) is 4.36. The molecule has 2 heterocycles. The number of likely N-dealkylation sites (tertiary alicyclic amines) is 1. The summed E-state index contributed by atoms with van der Waals surface area (Å²) in [5, 5.41) is 2.96. The molecule has 1 aliphatic heterocycles. The van der Waals surface area contributed by atoms with Gasteiger partial charge in [-0.15, -0.1) is 11.3 Å². The van der Waals surface area contributed by atoms with E-state index in [4.69, 9.17) is 4.74 Å². The van der Waals surface area contributed by atoms with Gasteiger partial charge in [-0.2, -0.15) is 0 Å². The second-order valence-electron chi connectivity index (χ2n) is 10.9. The van der Waals surface area contributed by atoms with E-state index in [1.54, 1.807) is 13.8 Å². The normalized spacial score (nSPS) is 22.8. The number of imide groups is 1. The third-order valence-electron chi connectivity index (χ3n) is 8.52. The summed E-state index contributed by atoms with van der Waals surface area (Å²) in [6, 6.07) is 8.06. The maximum Gasteiger partial charge on any atom is 0.341 e. The largest absolute Gasteiger partial charge is 0.462 e. The lowest BCUT2D eigenvalue weighted by molar-refractivity contribution is -0.172. The summed E-state index contributed by atoms with van der Waals surface area (Å²) in [6.07, 6.45) is 1.28. The van der Waals surface area contributed by atoms with Crippen LogP contribution in [0.1, 0.15) is 78.6 Å². The highest BCUT2D eigenvalue weighted by Crippen LogP contribution is 2.60. The van der Waals surface area contributed by atoms with E-state index in [0.717, 1.165) is 21.8 Å². The quantitative estimate of drug-likeness (QED) is 0.294. The number of nitrogens with one attached hydrogen (secondary N) is 1. The first kappa shape index (κ1) is 27.7. The molecule has 0 spiro atoms. The molecule has 0 radical (unpaired) electrons. The van der Waals surface area contributed by atoms with E-state index in [-0.39, 0.29) is 47.1 Å². The number of hydrogen-bond acceptors (Lipinski definition) is 7. The summed E-state index contributed by atoms with van der Waals surface area (Å²) >= 11 is 0.990. The number of anilines is 1. The topological polar surface area (TPSA) is 110 Å². The zero-order valence-electron chi connectivity index (χ0n) is 22.7. The number of carbonyl (C=O) groups is 5. The van der Waals surface area contributed by atoms with E-state index < -0.39 is 28.7 Å². The molecule has 1 saturated carbocycles. The molecule has 2 aromatic rings. The summed E-state index contributed by atoms with van der Waals surface area (Å²) in [5.41, 5.74) is 0.0155. The molecule has 1 N–H and O–H groups in total. The van der Waals surface area contributed by atoms with Crippen LogP contribution >= 0.6 is 11.3 Å². The van der Waals surface area contributed by atoms with Crippen LogP contribution in [0.4, 0.5) is 5.00 Å². The van der Waals surface area contributed by atoms with Gasteiger partial charge < -0.3 is 10.1 Å². The van der Waals surface area contributed by atoms with Gasteiger partial charge in [0.2, 0.25) is 17.7 Å². The standard InChI is InChI=1S/C29H34N2O6S/c1-7-37-26(35)21-16(2)22(17(3)32)38-24(21)30-23(33)20(15-18-11-9-8-10-12-18)31-25(34)19-13-14-29(6,27(31)36)28(19,4)5/h8-12,19-20H,7,13-15H2,1-6H3,(H,30,33). The number of carbonyl (C=O) groups excluding carboxylic acids is 5. The molecule has 1 saturated heterocycles. The molecule has 1 aromatic heterocycles. The Bertz CT molecular complexity index is 1310. The average Bonchev–Trinajstić information content (AvgIpc) is 3.27. The van der Waals surface area contributed by atoms with E-state index in [9.17, 15) is 24.0 Å². The predicted molar refractivity (Wildman–Crippen MR) is 144 cm³/mol. The van der Waals surface area contributed by atoms with Crippen LogP contribution in [-0.4, -0.2) is 47.0 Å². The Hall–Kier alpha value is -3.33. The van der Waals surface area contributed by atoms with Crippen molar-refractivity contribution in [2.75, 3.05) is 11.9 Å². The summed E-state index contributed by atoms with van der Waals surface area (Å²) in [5.74, 6) is -2.56. The molecule has 3 atom stereocenters. The van der Waals surface area contributed by atoms with Crippen molar-refractivity contribution in [3.63, 3.8) is 0 Å². The number of ether oxygens (including phenoxy) is 1. The van der Waals surface area contributed by atoms with Crippen LogP contribution in [0.2, 0.25) is 0 Å². The number of rotatable bonds is 8. The van der Waals surface area contributed by atoms with E-state index in [1.807, 2.05) is 51.1 Å². The molecule has 8 nitrogen and oxygen atoms in total. The lowest BCUT2D eigenvalue weighted by Gasteiger charge is -2.49. The van der Waals surface area contributed by atoms with E-state index in [2.05, 4.69) is 5.32 Å². The first-order valence-corrected chi connectivity index (χ1v) is 13.7. The fraction of sp³-hybridized carbons (Fsp3) is 0.483. The van der Waals surface area contributed by atoms with Crippen LogP contribution in [0.15, 0.2) is 30.3 Å². The maximum absolute atomic E-state index is 13.9. The van der Waals surface area contributed by atoms with Gasteiger partial charge in [0.15, 0.2) is 5.78 Å². The van der Waals surface area contributed by atoms with Gasteiger partial charge in [0.1, 0.15) is 11.0 Å². The first-order chi connectivity index (χ1) is 17.8. The number of ketones is 1. The Morgan fingerprint density at radius 1 is 1.16 bits per heavy atom. The Balaban J connectivity index is 1.76. The Morgan fingerprint density at radius 2 is 1.82 bits per heavy atom. The zero-order valence-corrected chi connectivity index (χ0v) is 23.5. The summed E-state index contributed by atoms with van der Waals surface area (Å²) in [4.78, 5) is 68.1. The number of thiophene rings is 1. The maximum atomic E-state index is 13.9. The lowest BCUT2D eigenvalue weighted by atomic mass is 9.62. The summed E-state index contributed by atoms with van der Waals surface area (Å²) < 4.78 is 5.19. The molecule has 38 heavy (non-hydrogen) atoms. The average molecular weight is 539 g/mol. The number of esters is 1. The monoisotopic (exact) mass is 538 g/mol. The van der Waals surface area contributed by atoms with E-state index in [0.29, 0.717) is 23.3 Å². The highest BCUT2D eigenvalue weighted by molar-refractivity contribution is 7.18. The Labute approximate surface area is 226 Å². The van der Waals surface area contributed by atoms with Crippen molar-refractivity contribution >= 4 is 45.8 Å². The van der Waals surface area contributed by atoms with Gasteiger partial charge in [-0.1, -0.05) is 51.1 Å². The number of benzene rings is 1. The van der Waals surface area contributed by atoms with Crippen molar-refractivity contribution in [3.05, 3.63) is 51.9 Å². The highest BCUT2D eigenvalue weighted by atomic mass is 32.1. The number of amides is 3. The molecular weight excluding hydrogens is 504 g/mol. The number of fused-ring (bicyclic) bond motifs is 2. The first-order valence-electron chi connectivity index (χ1n) is 12.9. The van der Waals surface area contributed by atoms with Gasteiger partial charge in [-0.25, -0.2) is 4.79 Å². The summed E-state index contributed by atoms with van der Waals surface area (Å²) in [7, 11) is 0. The smallest absolute Gasteiger partial charge is 0.341 e. The minimum Gasteiger partial charge on any atom is -0.462 e. The van der Waals surface area contributed by atoms with E-state index >= 15 is 0 Å². The molecule has 3 unspecified atom stereocenters. The lowest BCUT2D eigenvalue weighted by Crippen LogP contribution is -2.64. The van der Waals surface area contributed by atoms with Crippen LogP contribution in [0.3, 0.4) is 0 Å². The third-order valence-corrected chi connectivity index (χ3v) is 9.83. The molecule has 9 heteroatoms. The van der Waals surface area contributed by atoms with Crippen molar-refractivity contribution in [3.8, 4) is 0 Å². The van der Waals surface area contributed by atoms with Crippen LogP contribution in [0.5, 0.6) is 0 Å². The van der Waals surface area contributed by atoms with Crippen LogP contribution < -0.4 is 5.32 Å². The number of nitrogens with zero attached hydrogens (tertiary/aromatic N) is 1. The van der Waals surface area contributed by atoms with Crippen molar-refractivity contribution in [2.24, 2.45) is 16.7 Å². The van der Waals surface area contributed by atoms with Crippen LogP contribution in [-0.2, 0) is 25.5 Å². The Kier molecular flexibility index (Phi) is 7.36. The van der Waals surface area contributed by atoms with Crippen molar-refractivity contribution in [1.29, 1.82) is 0 Å². The van der Waals surface area contributed by atoms with Gasteiger partial charge >= 0.3 is 5.97 Å². The Morgan fingerprint density at radius 3 is 2.42 bits per heavy atom. The molecule has 1 aliphatic carbocycles. The SMILES string of the molecule is CCOC(=O)c1c(NC(=O)C(Cc2ccccc2)N2C(=O)C3CCC(C)(C2=O)C3(C)C)sc(C(C)=O)c1C. The molecule has 2 fully saturated rings. The second kappa shape index (κ2) is 10.1. The fourth-order valence-electron chi connectivity index (χ4n) is 5.86. The molecule has 2 bridgehead atoms. The molecule has 202 valence electrons. The van der Waals surface area contributed by atoms with Crippen molar-refractivity contribution < 1.29 is 28.7 Å². The van der Waals surface area contributed by atoms with Crippen LogP contribution in [0.25, 0.3) is 0 Å². The van der Waals surface area contributed by atoms with E-state index in [1.165, 1.54) is 6.92 Å². The summed E-state index contributed by atoms with van der Waals surface area (Å²) in [6.45, 7) is 10.6. The fourth-order valence-corrected chi connectivity index (χ4v) is 6.96. The number of piperidine rings is 1. The van der Waals surface area contributed by atoms with Crippen molar-refractivity contribution in [1.82, 2.24) is 4.90 Å². The minimum atomic E-state index is -1.13. The molecule has 3 amide bonds. The van der Waals surface area contributed by atoms with Gasteiger partial charge in [0, 0.05) is 12.3 Å². The van der Waals surface area contributed by atoms with Gasteiger partial charge in [0.05, 0.1) is 22.5 Å². The molecule has 1 aromatic carbocycles. The predicted octanol–water partition coefficient (Wildman–Crippen LogP) is 4.80. The molecule has 2 aliphatic rings. The van der Waals surface area contributed by atoms with Crippen LogP contribution in [0, 0.1) is 23.7 Å². The number of Topliss-reactive ketones (excluding diaryl/α,β-unsaturated/α-hetero) is 1. The second-order valence-corrected chi connectivity index (χ2v) is 11.9. The highest BCUT2D eigenvalue weighted by Gasteiger charge is 2.65. The van der Waals surface area contributed by atoms with Gasteiger partial charge in [-0.3, -0.25) is 24.1 Å². The minimum absolute atomic E-state index is 0.110. The molecule has 4 rings (SSSR count).